The van der Waals surface area contributed by atoms with E-state index in [9.17, 15) is 10.2 Å². The molecule has 0 unspecified atom stereocenters. The van der Waals surface area contributed by atoms with E-state index >= 15 is 0 Å². The number of nitrogens with zero attached hydrogens (tertiary/aromatic N) is 2. The van der Waals surface area contributed by atoms with Crippen LogP contribution in [-0.4, -0.2) is 34.7 Å². The Morgan fingerprint density at radius 2 is 1.12 bits per heavy atom. The topological polar surface area (TPSA) is 65.2 Å². The zero-order valence-electron chi connectivity index (χ0n) is 13.5. The lowest BCUT2D eigenvalue weighted by Crippen LogP contribution is -2.27. The highest BCUT2D eigenvalue weighted by Crippen LogP contribution is 2.25. The number of hydrogen-bond acceptors (Lipinski definition) is 4. The van der Waals surface area contributed by atoms with Gasteiger partial charge in [-0.2, -0.15) is 0 Å². The van der Waals surface area contributed by atoms with Crippen LogP contribution in [0.2, 0.25) is 0 Å². The van der Waals surface area contributed by atoms with E-state index in [2.05, 4.69) is 9.98 Å². The van der Waals surface area contributed by atoms with Crippen molar-refractivity contribution in [2.75, 3.05) is 0 Å². The molecule has 0 aliphatic heterocycles. The second kappa shape index (κ2) is 7.77. The van der Waals surface area contributed by atoms with Crippen LogP contribution in [0, 0.1) is 0 Å². The minimum atomic E-state index is 0.112. The van der Waals surface area contributed by atoms with E-state index in [1.165, 1.54) is 0 Å². The first kappa shape index (κ1) is 16.2. The molecule has 1 aliphatic carbocycles. The smallest absolute Gasteiger partial charge is 0.124 e. The summed E-state index contributed by atoms with van der Waals surface area (Å²) in [6.45, 7) is 0. The maximum atomic E-state index is 9.84. The van der Waals surface area contributed by atoms with E-state index in [-0.39, 0.29) is 23.6 Å². The minimum absolute atomic E-state index is 0.112. The van der Waals surface area contributed by atoms with E-state index in [0.29, 0.717) is 0 Å². The van der Waals surface area contributed by atoms with Gasteiger partial charge in [0.15, 0.2) is 0 Å². The monoisotopic (exact) mass is 322 g/mol. The van der Waals surface area contributed by atoms with Crippen molar-refractivity contribution >= 4 is 12.4 Å². The molecule has 0 radical (unpaired) electrons. The second-order valence-corrected chi connectivity index (χ2v) is 6.09. The lowest BCUT2D eigenvalue weighted by Gasteiger charge is -2.25. The zero-order chi connectivity index (χ0) is 16.8. The van der Waals surface area contributed by atoms with Crippen molar-refractivity contribution < 1.29 is 10.2 Å². The summed E-state index contributed by atoms with van der Waals surface area (Å²) < 4.78 is 0. The molecule has 124 valence electrons. The summed E-state index contributed by atoms with van der Waals surface area (Å²) >= 11 is 0. The van der Waals surface area contributed by atoms with Crippen molar-refractivity contribution in [3.63, 3.8) is 0 Å². The fourth-order valence-electron chi connectivity index (χ4n) is 2.98. The number of phenolic OH excluding ortho intramolecular Hbond substituents is 2. The van der Waals surface area contributed by atoms with E-state index in [4.69, 9.17) is 0 Å². The van der Waals surface area contributed by atoms with Gasteiger partial charge in [0.2, 0.25) is 0 Å². The largest absolute Gasteiger partial charge is 0.507 e. The molecular weight excluding hydrogens is 300 g/mol. The molecular formula is C20H22N2O2. The van der Waals surface area contributed by atoms with Crippen molar-refractivity contribution in [3.8, 4) is 11.5 Å². The molecule has 2 atom stereocenters. The molecule has 1 fully saturated rings. The molecule has 0 bridgehead atoms. The van der Waals surface area contributed by atoms with Crippen LogP contribution in [0.3, 0.4) is 0 Å². The van der Waals surface area contributed by atoms with Crippen molar-refractivity contribution in [1.29, 1.82) is 0 Å². The maximum Gasteiger partial charge on any atom is 0.124 e. The number of aliphatic imine (C=N–C) groups is 2. The number of phenols is 2. The summed E-state index contributed by atoms with van der Waals surface area (Å²) in [5.74, 6) is 0.484. The third-order valence-electron chi connectivity index (χ3n) is 4.38. The Labute approximate surface area is 142 Å². The average molecular weight is 322 g/mol. The summed E-state index contributed by atoms with van der Waals surface area (Å²) in [6, 6.07) is 14.6. The van der Waals surface area contributed by atoms with Crippen LogP contribution in [0.1, 0.15) is 36.8 Å². The van der Waals surface area contributed by atoms with E-state index < -0.39 is 0 Å². The Hall–Kier alpha value is -2.62. The van der Waals surface area contributed by atoms with Gasteiger partial charge in [-0.25, -0.2) is 0 Å². The fourth-order valence-corrected chi connectivity index (χ4v) is 2.98. The lowest BCUT2D eigenvalue weighted by molar-refractivity contribution is 0.390. The Morgan fingerprint density at radius 3 is 1.54 bits per heavy atom. The SMILES string of the molecule is Oc1ccccc1/C=N/[C@H]1CCCC[C@@H]1/N=C/c1ccccc1O. The van der Waals surface area contributed by atoms with Crippen molar-refractivity contribution in [2.45, 2.75) is 37.8 Å². The Kier molecular flexibility index (Phi) is 5.26. The second-order valence-electron chi connectivity index (χ2n) is 6.09. The highest BCUT2D eigenvalue weighted by atomic mass is 16.3. The number of hydrogen-bond donors (Lipinski definition) is 2. The molecule has 1 aliphatic rings. The lowest BCUT2D eigenvalue weighted by atomic mass is 9.91. The zero-order valence-corrected chi connectivity index (χ0v) is 13.5. The first-order valence-corrected chi connectivity index (χ1v) is 8.36. The first-order chi connectivity index (χ1) is 11.7. The van der Waals surface area contributed by atoms with Gasteiger partial charge in [-0.1, -0.05) is 37.1 Å². The van der Waals surface area contributed by atoms with Crippen LogP contribution in [0.15, 0.2) is 58.5 Å². The number of benzene rings is 2. The van der Waals surface area contributed by atoms with Crippen LogP contribution in [0.5, 0.6) is 11.5 Å². The molecule has 0 aromatic heterocycles. The predicted molar refractivity (Wildman–Crippen MR) is 97.4 cm³/mol. The Morgan fingerprint density at radius 1 is 0.708 bits per heavy atom. The molecule has 0 saturated heterocycles. The summed E-state index contributed by atoms with van der Waals surface area (Å²) in [6.07, 6.45) is 7.76. The van der Waals surface area contributed by atoms with E-state index in [1.54, 1.807) is 36.7 Å². The molecule has 24 heavy (non-hydrogen) atoms. The van der Waals surface area contributed by atoms with Gasteiger partial charge in [0.25, 0.3) is 0 Å². The van der Waals surface area contributed by atoms with Crippen LogP contribution in [0.25, 0.3) is 0 Å². The first-order valence-electron chi connectivity index (χ1n) is 8.36. The molecule has 2 aromatic carbocycles. The average Bonchev–Trinajstić information content (AvgIpc) is 2.61. The van der Waals surface area contributed by atoms with Gasteiger partial charge in [0.1, 0.15) is 11.5 Å². The van der Waals surface area contributed by atoms with E-state index in [0.717, 1.165) is 36.8 Å². The highest BCUT2D eigenvalue weighted by molar-refractivity contribution is 5.84. The standard InChI is InChI=1S/C20H22N2O2/c23-19-11-5-1-7-15(19)13-21-17-9-3-4-10-18(17)22-14-16-8-2-6-12-20(16)24/h1-2,5-8,11-14,17-18,23-24H,3-4,9-10H2/b21-13+,22-14+/t17-,18-/m0/s1. The van der Waals surface area contributed by atoms with Gasteiger partial charge in [-0.3, -0.25) is 9.98 Å². The third kappa shape index (κ3) is 4.02. The normalized spacial score (nSPS) is 21.5. The van der Waals surface area contributed by atoms with Crippen LogP contribution in [0.4, 0.5) is 0 Å². The van der Waals surface area contributed by atoms with Gasteiger partial charge >= 0.3 is 0 Å². The number of para-hydroxylation sites is 2. The molecule has 0 amide bonds. The molecule has 3 rings (SSSR count). The van der Waals surface area contributed by atoms with Gasteiger partial charge in [-0.15, -0.1) is 0 Å². The van der Waals surface area contributed by atoms with Crippen LogP contribution in [-0.2, 0) is 0 Å². The quantitative estimate of drug-likeness (QED) is 0.837. The summed E-state index contributed by atoms with van der Waals surface area (Å²) in [7, 11) is 0. The van der Waals surface area contributed by atoms with Crippen molar-refractivity contribution in [3.05, 3.63) is 59.7 Å². The summed E-state index contributed by atoms with van der Waals surface area (Å²) in [5.41, 5.74) is 1.46. The van der Waals surface area contributed by atoms with Crippen molar-refractivity contribution in [1.82, 2.24) is 0 Å². The van der Waals surface area contributed by atoms with Gasteiger partial charge < -0.3 is 10.2 Å². The summed E-state index contributed by atoms with van der Waals surface area (Å²) in [5, 5.41) is 19.7. The molecule has 2 N–H and O–H groups in total. The number of aromatic hydroxyl groups is 2. The highest BCUT2D eigenvalue weighted by Gasteiger charge is 2.23. The van der Waals surface area contributed by atoms with Gasteiger partial charge in [-0.05, 0) is 37.1 Å². The molecule has 4 heteroatoms. The van der Waals surface area contributed by atoms with Crippen LogP contribution >= 0.6 is 0 Å². The molecule has 1 saturated carbocycles. The molecule has 0 heterocycles. The van der Waals surface area contributed by atoms with Crippen LogP contribution < -0.4 is 0 Å². The molecule has 2 aromatic rings. The van der Waals surface area contributed by atoms with E-state index in [1.807, 2.05) is 24.3 Å². The number of rotatable bonds is 4. The fraction of sp³-hybridized carbons (Fsp3) is 0.300. The van der Waals surface area contributed by atoms with Crippen molar-refractivity contribution in [2.24, 2.45) is 9.98 Å². The predicted octanol–water partition coefficient (Wildman–Crippen LogP) is 3.95. The van der Waals surface area contributed by atoms with Gasteiger partial charge in [0.05, 0.1) is 12.1 Å². The maximum absolute atomic E-state index is 9.84. The summed E-state index contributed by atoms with van der Waals surface area (Å²) in [4.78, 5) is 9.34. The van der Waals surface area contributed by atoms with Gasteiger partial charge in [0, 0.05) is 23.6 Å². The minimum Gasteiger partial charge on any atom is -0.507 e. The molecule has 4 nitrogen and oxygen atoms in total. The Balaban J connectivity index is 1.74. The Bertz CT molecular complexity index is 676. The molecule has 0 spiro atoms. The third-order valence-corrected chi connectivity index (χ3v) is 4.38.